The number of carbonyl (C=O) groups is 3. The fourth-order valence-electron chi connectivity index (χ4n) is 1.06. The molecule has 0 aromatic carbocycles. The number of hydrogen-bond donors (Lipinski definition) is 3. The van der Waals surface area contributed by atoms with Crippen molar-refractivity contribution in [3.63, 3.8) is 0 Å². The Labute approximate surface area is 117 Å². The van der Waals surface area contributed by atoms with Crippen LogP contribution in [-0.4, -0.2) is 49.0 Å². The molecule has 0 heterocycles. The second-order valence-corrected chi connectivity index (χ2v) is 7.66. The van der Waals surface area contributed by atoms with Crippen LogP contribution in [0, 0.1) is 0 Å². The van der Waals surface area contributed by atoms with Crippen LogP contribution in [0.4, 0.5) is 4.79 Å². The minimum absolute atomic E-state index is 0.0881. The Hall–Kier alpha value is -1.64. The molecule has 20 heavy (non-hydrogen) atoms. The van der Waals surface area contributed by atoms with E-state index in [1.165, 1.54) is 13.8 Å². The fraction of sp³-hybridized carbons (Fsp3) is 0.727. The number of aliphatic carboxylic acids is 1. The fourth-order valence-corrected chi connectivity index (χ4v) is 1.39. The van der Waals surface area contributed by atoms with Gasteiger partial charge in [-0.3, -0.25) is 14.9 Å². The molecule has 0 rings (SSSR count). The maximum absolute atomic E-state index is 11.4. The van der Waals surface area contributed by atoms with Crippen LogP contribution in [0.25, 0.3) is 0 Å². The van der Waals surface area contributed by atoms with Gasteiger partial charge in [-0.15, -0.1) is 0 Å². The second kappa shape index (κ2) is 7.22. The van der Waals surface area contributed by atoms with Crippen LogP contribution >= 0.6 is 0 Å². The van der Waals surface area contributed by atoms with Gasteiger partial charge in [0.1, 0.15) is 0 Å². The van der Waals surface area contributed by atoms with Crippen molar-refractivity contribution < 1.29 is 27.9 Å². The van der Waals surface area contributed by atoms with Gasteiger partial charge in [0.15, 0.2) is 9.84 Å². The molecule has 0 aliphatic heterocycles. The van der Waals surface area contributed by atoms with E-state index >= 15 is 0 Å². The quantitative estimate of drug-likeness (QED) is 0.601. The molecule has 8 nitrogen and oxygen atoms in total. The minimum Gasteiger partial charge on any atom is -0.481 e. The molecule has 0 saturated carbocycles. The molecule has 0 aliphatic carbocycles. The first-order valence-corrected chi connectivity index (χ1v) is 7.84. The number of carboxylic acid groups (broad SMARTS) is 1. The normalized spacial score (nSPS) is 11.8. The van der Waals surface area contributed by atoms with Crippen LogP contribution in [0.3, 0.4) is 0 Å². The number of nitrogens with one attached hydrogen (secondary N) is 2. The van der Waals surface area contributed by atoms with E-state index in [0.717, 1.165) is 6.26 Å². The Morgan fingerprint density at radius 1 is 1.15 bits per heavy atom. The van der Waals surface area contributed by atoms with Crippen LogP contribution in [0.15, 0.2) is 0 Å². The van der Waals surface area contributed by atoms with Crippen LogP contribution in [0.2, 0.25) is 0 Å². The predicted molar refractivity (Wildman–Crippen MR) is 72.0 cm³/mol. The largest absolute Gasteiger partial charge is 0.481 e. The van der Waals surface area contributed by atoms with Gasteiger partial charge in [-0.05, 0) is 20.3 Å². The zero-order valence-corrected chi connectivity index (χ0v) is 12.5. The van der Waals surface area contributed by atoms with E-state index in [2.05, 4.69) is 5.32 Å². The third kappa shape index (κ3) is 7.07. The Morgan fingerprint density at radius 2 is 1.70 bits per heavy atom. The van der Waals surface area contributed by atoms with E-state index in [-0.39, 0.29) is 25.8 Å². The van der Waals surface area contributed by atoms with Crippen molar-refractivity contribution in [3.05, 3.63) is 0 Å². The highest BCUT2D eigenvalue weighted by molar-refractivity contribution is 7.92. The number of amides is 3. The molecular formula is C11H20N2O6S. The Morgan fingerprint density at radius 3 is 2.15 bits per heavy atom. The summed E-state index contributed by atoms with van der Waals surface area (Å²) in [4.78, 5) is 32.9. The first kappa shape index (κ1) is 18.4. The highest BCUT2D eigenvalue weighted by atomic mass is 32.2. The van der Waals surface area contributed by atoms with Gasteiger partial charge in [0.2, 0.25) is 5.91 Å². The lowest BCUT2D eigenvalue weighted by Crippen LogP contribution is -2.48. The molecule has 9 heteroatoms. The smallest absolute Gasteiger partial charge is 0.321 e. The van der Waals surface area contributed by atoms with Crippen LogP contribution in [0.1, 0.15) is 33.1 Å². The van der Waals surface area contributed by atoms with Gasteiger partial charge in [0, 0.05) is 25.6 Å². The number of rotatable bonds is 7. The Bertz CT molecular complexity index is 483. The van der Waals surface area contributed by atoms with E-state index in [1.54, 1.807) is 0 Å². The molecule has 0 bridgehead atoms. The molecule has 0 fully saturated rings. The summed E-state index contributed by atoms with van der Waals surface area (Å²) < 4.78 is 21.7. The summed E-state index contributed by atoms with van der Waals surface area (Å²) in [5, 5.41) is 12.7. The maximum Gasteiger partial charge on any atom is 0.321 e. The van der Waals surface area contributed by atoms with Gasteiger partial charge in [0.05, 0.1) is 4.75 Å². The summed E-state index contributed by atoms with van der Waals surface area (Å²) in [5.41, 5.74) is 0. The molecule has 0 saturated heterocycles. The van der Waals surface area contributed by atoms with Crippen molar-refractivity contribution in [2.75, 3.05) is 12.8 Å². The highest BCUT2D eigenvalue weighted by Gasteiger charge is 2.30. The zero-order valence-electron chi connectivity index (χ0n) is 11.7. The maximum atomic E-state index is 11.4. The average Bonchev–Trinajstić information content (AvgIpc) is 2.24. The third-order valence-corrected chi connectivity index (χ3v) is 4.88. The zero-order chi connectivity index (χ0) is 16.0. The van der Waals surface area contributed by atoms with Crippen molar-refractivity contribution in [1.82, 2.24) is 10.6 Å². The van der Waals surface area contributed by atoms with E-state index < -0.39 is 32.5 Å². The van der Waals surface area contributed by atoms with Crippen molar-refractivity contribution in [1.29, 1.82) is 0 Å². The minimum atomic E-state index is -3.34. The number of sulfone groups is 1. The van der Waals surface area contributed by atoms with Crippen LogP contribution in [-0.2, 0) is 19.4 Å². The Kier molecular flexibility index (Phi) is 6.63. The molecule has 0 aromatic rings. The van der Waals surface area contributed by atoms with Crippen molar-refractivity contribution in [2.45, 2.75) is 37.9 Å². The van der Waals surface area contributed by atoms with Crippen LogP contribution < -0.4 is 10.6 Å². The van der Waals surface area contributed by atoms with Gasteiger partial charge >= 0.3 is 12.0 Å². The molecule has 3 amide bonds. The summed E-state index contributed by atoms with van der Waals surface area (Å²) in [6, 6.07) is -0.804. The SMILES string of the molecule is CC(C)(CNC(=O)NC(=O)CCCC(=O)O)S(C)(=O)=O. The topological polar surface area (TPSA) is 130 Å². The predicted octanol–water partition coefficient (Wildman–Crippen LogP) is -0.110. The lowest BCUT2D eigenvalue weighted by Gasteiger charge is -2.22. The Balaban J connectivity index is 4.12. The van der Waals surface area contributed by atoms with Crippen molar-refractivity contribution in [3.8, 4) is 0 Å². The first-order valence-electron chi connectivity index (χ1n) is 5.95. The molecule has 0 aromatic heterocycles. The molecule has 0 spiro atoms. The molecule has 0 radical (unpaired) electrons. The molecular weight excluding hydrogens is 288 g/mol. The van der Waals surface area contributed by atoms with Gasteiger partial charge < -0.3 is 10.4 Å². The highest BCUT2D eigenvalue weighted by Crippen LogP contribution is 2.13. The van der Waals surface area contributed by atoms with Crippen molar-refractivity contribution >= 4 is 27.7 Å². The summed E-state index contributed by atoms with van der Waals surface area (Å²) in [7, 11) is -3.34. The van der Waals surface area contributed by atoms with Gasteiger partial charge in [-0.2, -0.15) is 0 Å². The number of hydrogen-bond acceptors (Lipinski definition) is 5. The molecule has 116 valence electrons. The van der Waals surface area contributed by atoms with E-state index in [1.807, 2.05) is 5.32 Å². The second-order valence-electron chi connectivity index (χ2n) is 5.01. The number of carbonyl (C=O) groups excluding carboxylic acids is 2. The molecule has 3 N–H and O–H groups in total. The van der Waals surface area contributed by atoms with E-state index in [4.69, 9.17) is 5.11 Å². The summed E-state index contributed by atoms with van der Waals surface area (Å²) in [6.07, 6.45) is 0.943. The molecule has 0 aliphatic rings. The van der Waals surface area contributed by atoms with Crippen molar-refractivity contribution in [2.24, 2.45) is 0 Å². The van der Waals surface area contributed by atoms with Gasteiger partial charge in [0.25, 0.3) is 0 Å². The van der Waals surface area contributed by atoms with Gasteiger partial charge in [-0.25, -0.2) is 13.2 Å². The van der Waals surface area contributed by atoms with Crippen LogP contribution in [0.5, 0.6) is 0 Å². The monoisotopic (exact) mass is 308 g/mol. The molecule has 0 atom stereocenters. The lowest BCUT2D eigenvalue weighted by atomic mass is 10.2. The summed E-state index contributed by atoms with van der Waals surface area (Å²) in [6.45, 7) is 2.77. The summed E-state index contributed by atoms with van der Waals surface area (Å²) >= 11 is 0. The molecule has 0 unspecified atom stereocenters. The summed E-state index contributed by atoms with van der Waals surface area (Å²) in [5.74, 6) is -1.63. The average molecular weight is 308 g/mol. The number of urea groups is 1. The number of carboxylic acids is 1. The lowest BCUT2D eigenvalue weighted by molar-refractivity contribution is -0.137. The van der Waals surface area contributed by atoms with Gasteiger partial charge in [-0.1, -0.05) is 0 Å². The van der Waals surface area contributed by atoms with E-state index in [0.29, 0.717) is 0 Å². The number of imide groups is 1. The third-order valence-electron chi connectivity index (χ3n) is 2.73. The first-order chi connectivity index (χ1) is 8.95. The van der Waals surface area contributed by atoms with E-state index in [9.17, 15) is 22.8 Å². The standard InChI is InChI=1S/C11H20N2O6S/c1-11(2,20(3,18)19)7-12-10(17)13-8(14)5-4-6-9(15)16/h4-7H2,1-3H3,(H,15,16)(H2,12,13,14,17).